The van der Waals surface area contributed by atoms with Crippen LogP contribution in [0.3, 0.4) is 0 Å². The first-order valence-electron chi connectivity index (χ1n) is 25.7. The van der Waals surface area contributed by atoms with E-state index in [1.54, 1.807) is 0 Å². The number of hydrogen-bond donors (Lipinski definition) is 0. The third-order valence-corrected chi connectivity index (χ3v) is 15.4. The molecule has 0 heterocycles. The molecule has 0 bridgehead atoms. The molecule has 350 valence electrons. The molecule has 0 amide bonds. The van der Waals surface area contributed by atoms with Crippen LogP contribution < -0.4 is 4.90 Å². The molecule has 1 heteroatoms. The Bertz CT molecular complexity index is 2940. The summed E-state index contributed by atoms with van der Waals surface area (Å²) in [7, 11) is 0. The maximum absolute atomic E-state index is 2.56. The fourth-order valence-electron chi connectivity index (χ4n) is 11.0. The van der Waals surface area contributed by atoms with Gasteiger partial charge in [-0.05, 0) is 166 Å². The summed E-state index contributed by atoms with van der Waals surface area (Å²) >= 11 is 0. The maximum atomic E-state index is 2.56. The van der Waals surface area contributed by atoms with Crippen molar-refractivity contribution in [3.8, 4) is 44.5 Å². The van der Waals surface area contributed by atoms with Gasteiger partial charge in [0, 0.05) is 22.5 Å². The summed E-state index contributed by atoms with van der Waals surface area (Å²) < 4.78 is 0. The molecular formula is C67H77N. The average Bonchev–Trinajstić information content (AvgIpc) is 3.53. The monoisotopic (exact) mass is 896 g/mol. The molecule has 7 aromatic carbocycles. The van der Waals surface area contributed by atoms with Gasteiger partial charge in [-0.1, -0.05) is 219 Å². The zero-order chi connectivity index (χ0) is 48.6. The number of nitrogens with zero attached hydrogens (tertiary/aromatic N) is 1. The average molecular weight is 896 g/mol. The second kappa shape index (κ2) is 17.4. The molecule has 0 radical (unpaired) electrons. The molecule has 0 atom stereocenters. The van der Waals surface area contributed by atoms with Gasteiger partial charge in [-0.15, -0.1) is 0 Å². The summed E-state index contributed by atoms with van der Waals surface area (Å²) in [5.74, 6) is 0.565. The molecular weight excluding hydrogens is 819 g/mol. The molecule has 1 fully saturated rings. The van der Waals surface area contributed by atoms with Gasteiger partial charge in [0.25, 0.3) is 0 Å². The van der Waals surface area contributed by atoms with Gasteiger partial charge < -0.3 is 4.90 Å². The van der Waals surface area contributed by atoms with E-state index in [1.807, 2.05) is 0 Å². The highest BCUT2D eigenvalue weighted by Gasteiger charge is 2.36. The van der Waals surface area contributed by atoms with Crippen LogP contribution in [0.15, 0.2) is 146 Å². The second-order valence-corrected chi connectivity index (χ2v) is 25.1. The van der Waals surface area contributed by atoms with Gasteiger partial charge in [-0.3, -0.25) is 0 Å². The molecule has 2 aliphatic carbocycles. The molecule has 2 aliphatic rings. The molecule has 9 rings (SSSR count). The first-order chi connectivity index (χ1) is 32.0. The molecule has 1 saturated carbocycles. The van der Waals surface area contributed by atoms with Gasteiger partial charge in [-0.25, -0.2) is 0 Å². The van der Waals surface area contributed by atoms with Crippen molar-refractivity contribution in [1.29, 1.82) is 0 Å². The van der Waals surface area contributed by atoms with Crippen LogP contribution in [0.4, 0.5) is 17.1 Å². The lowest BCUT2D eigenvalue weighted by Gasteiger charge is -2.32. The van der Waals surface area contributed by atoms with Crippen LogP contribution in [0.2, 0.25) is 0 Å². The second-order valence-electron chi connectivity index (χ2n) is 25.1. The third kappa shape index (κ3) is 9.28. The van der Waals surface area contributed by atoms with Crippen molar-refractivity contribution in [1.82, 2.24) is 0 Å². The van der Waals surface area contributed by atoms with Crippen molar-refractivity contribution in [2.75, 3.05) is 4.90 Å². The summed E-state index contributed by atoms with van der Waals surface area (Å²) in [5.41, 5.74) is 23.6. The molecule has 0 unspecified atom stereocenters. The normalized spacial score (nSPS) is 15.3. The van der Waals surface area contributed by atoms with E-state index >= 15 is 0 Å². The smallest absolute Gasteiger partial charge is 0.0496 e. The van der Waals surface area contributed by atoms with Crippen molar-refractivity contribution in [2.24, 2.45) is 0 Å². The Morgan fingerprint density at radius 2 is 0.809 bits per heavy atom. The summed E-state index contributed by atoms with van der Waals surface area (Å²) in [6, 6.07) is 57.0. The Kier molecular flexibility index (Phi) is 12.1. The summed E-state index contributed by atoms with van der Waals surface area (Å²) in [6.07, 6.45) is 6.46. The van der Waals surface area contributed by atoms with E-state index < -0.39 is 0 Å². The first kappa shape index (κ1) is 47.4. The minimum absolute atomic E-state index is 0.0282. The topological polar surface area (TPSA) is 3.24 Å². The first-order valence-corrected chi connectivity index (χ1v) is 25.7. The van der Waals surface area contributed by atoms with E-state index in [2.05, 4.69) is 247 Å². The summed E-state index contributed by atoms with van der Waals surface area (Å²) in [5, 5.41) is 0. The fraction of sp³-hybridized carbons (Fsp3) is 0.373. The van der Waals surface area contributed by atoms with E-state index in [0.29, 0.717) is 5.92 Å². The third-order valence-electron chi connectivity index (χ3n) is 15.4. The van der Waals surface area contributed by atoms with Gasteiger partial charge in [0.1, 0.15) is 0 Å². The van der Waals surface area contributed by atoms with Crippen LogP contribution in [0, 0.1) is 0 Å². The molecule has 0 aromatic heterocycles. The lowest BCUT2D eigenvalue weighted by atomic mass is 9.77. The van der Waals surface area contributed by atoms with Crippen molar-refractivity contribution >= 4 is 17.1 Å². The van der Waals surface area contributed by atoms with E-state index in [1.165, 1.54) is 133 Å². The van der Waals surface area contributed by atoms with Crippen molar-refractivity contribution in [3.63, 3.8) is 0 Å². The fourth-order valence-corrected chi connectivity index (χ4v) is 11.0. The molecule has 0 aliphatic heterocycles. The number of fused-ring (bicyclic) bond motifs is 3. The van der Waals surface area contributed by atoms with Gasteiger partial charge in [0.15, 0.2) is 0 Å². The Hall–Kier alpha value is -5.66. The highest BCUT2D eigenvalue weighted by Crippen LogP contribution is 2.52. The highest BCUT2D eigenvalue weighted by molar-refractivity contribution is 5.87. The zero-order valence-electron chi connectivity index (χ0n) is 43.9. The largest absolute Gasteiger partial charge is 0.310 e. The number of para-hydroxylation sites is 1. The van der Waals surface area contributed by atoms with Gasteiger partial charge in [0.2, 0.25) is 0 Å². The number of hydrogen-bond acceptors (Lipinski definition) is 1. The van der Waals surface area contributed by atoms with E-state index in [0.717, 1.165) is 0 Å². The predicted molar refractivity (Wildman–Crippen MR) is 296 cm³/mol. The van der Waals surface area contributed by atoms with E-state index in [4.69, 9.17) is 0 Å². The minimum atomic E-state index is -0.0882. The van der Waals surface area contributed by atoms with Crippen LogP contribution in [0.25, 0.3) is 44.5 Å². The van der Waals surface area contributed by atoms with Crippen molar-refractivity contribution in [2.45, 2.75) is 162 Å². The van der Waals surface area contributed by atoms with Gasteiger partial charge in [0.05, 0.1) is 0 Å². The van der Waals surface area contributed by atoms with Crippen LogP contribution in [-0.2, 0) is 27.1 Å². The Morgan fingerprint density at radius 3 is 1.34 bits per heavy atom. The molecule has 7 aromatic rings. The standard InChI is InChI=1S/C67H77N/c1-63(2,3)51-36-46(34-47(37-51)48-35-49(39-52(38-48)64(4,5)6)50-40-53(65(7,8)9)42-54(41-50)66(10,11)12)44-28-30-55(31-29-44)68(62-27-21-19-24-57(62)45-22-16-15-17-23-45)56-32-33-59-58-25-18-20-26-60(58)67(13,14)61(59)43-56/h18-21,24-43,45H,15-17,22-23H2,1-14H3. The Morgan fingerprint density at radius 1 is 0.382 bits per heavy atom. The van der Waals surface area contributed by atoms with Gasteiger partial charge in [-0.2, -0.15) is 0 Å². The molecule has 1 nitrogen and oxygen atoms in total. The van der Waals surface area contributed by atoms with E-state index in [9.17, 15) is 0 Å². The number of anilines is 3. The molecule has 68 heavy (non-hydrogen) atoms. The van der Waals surface area contributed by atoms with Crippen molar-refractivity contribution in [3.05, 3.63) is 185 Å². The molecule has 0 saturated heterocycles. The van der Waals surface area contributed by atoms with E-state index in [-0.39, 0.29) is 27.1 Å². The SMILES string of the molecule is CC(C)(C)c1cc(-c2ccc(N(c3ccc4c(c3)C(C)(C)c3ccccc3-4)c3ccccc3C3CCCCC3)cc2)cc(-c2cc(-c3cc(C(C)(C)C)cc(C(C)(C)C)c3)cc(C(C)(C)C)c2)c1. The summed E-state index contributed by atoms with van der Waals surface area (Å²) in [4.78, 5) is 2.56. The quantitative estimate of drug-likeness (QED) is 0.154. The van der Waals surface area contributed by atoms with Crippen LogP contribution in [0.5, 0.6) is 0 Å². The Balaban J connectivity index is 1.17. The lowest BCUT2D eigenvalue weighted by Crippen LogP contribution is -2.18. The molecule has 0 N–H and O–H groups in total. The predicted octanol–water partition coefficient (Wildman–Crippen LogP) is 19.7. The van der Waals surface area contributed by atoms with Crippen LogP contribution >= 0.6 is 0 Å². The summed E-state index contributed by atoms with van der Waals surface area (Å²) in [6.45, 7) is 32.9. The highest BCUT2D eigenvalue weighted by atomic mass is 15.1. The molecule has 0 spiro atoms. The number of rotatable bonds is 7. The Labute approximate surface area is 411 Å². The number of benzene rings is 7. The van der Waals surface area contributed by atoms with Crippen LogP contribution in [-0.4, -0.2) is 0 Å². The van der Waals surface area contributed by atoms with Crippen molar-refractivity contribution < 1.29 is 0 Å². The lowest BCUT2D eigenvalue weighted by molar-refractivity contribution is 0.444. The zero-order valence-corrected chi connectivity index (χ0v) is 43.9. The minimum Gasteiger partial charge on any atom is -0.310 e. The maximum Gasteiger partial charge on any atom is 0.0496 e. The van der Waals surface area contributed by atoms with Crippen LogP contribution in [0.1, 0.15) is 174 Å². The van der Waals surface area contributed by atoms with Gasteiger partial charge >= 0.3 is 0 Å².